The summed E-state index contributed by atoms with van der Waals surface area (Å²) in [7, 11) is 1.92. The first-order valence-electron chi connectivity index (χ1n) is 8.97. The van der Waals surface area contributed by atoms with Crippen molar-refractivity contribution in [2.45, 2.75) is 58.4 Å². The summed E-state index contributed by atoms with van der Waals surface area (Å²) in [5.74, 6) is 1.08. The zero-order chi connectivity index (χ0) is 17.3. The van der Waals surface area contributed by atoms with Crippen LogP contribution in [-0.2, 0) is 20.0 Å². The summed E-state index contributed by atoms with van der Waals surface area (Å²) >= 11 is 6.43. The Labute approximate surface area is 149 Å². The third-order valence-electron chi connectivity index (χ3n) is 5.11. The van der Waals surface area contributed by atoms with Crippen molar-refractivity contribution in [1.29, 1.82) is 0 Å². The molecule has 0 radical (unpaired) electrons. The molecule has 1 aliphatic rings. The van der Waals surface area contributed by atoms with Gasteiger partial charge in [-0.05, 0) is 44.3 Å². The number of piperidine rings is 1. The molecule has 2 aromatic rings. The van der Waals surface area contributed by atoms with Crippen LogP contribution in [0.3, 0.4) is 0 Å². The number of aromatic amines is 1. The number of rotatable bonds is 5. The molecule has 3 rings (SSSR count). The van der Waals surface area contributed by atoms with Gasteiger partial charge in [-0.3, -0.25) is 14.7 Å². The topological polar surface area (TPSA) is 49.7 Å². The Bertz CT molecular complexity index is 680. The number of hydrogen-bond donors (Lipinski definition) is 1. The monoisotopic (exact) mass is 349 g/mol. The molecule has 2 aromatic heterocycles. The molecule has 0 unspecified atom stereocenters. The lowest BCUT2D eigenvalue weighted by molar-refractivity contribution is 0.203. The number of nitrogens with one attached hydrogen (secondary N) is 1. The first-order chi connectivity index (χ1) is 11.5. The number of H-pyrrole nitrogens is 1. The molecule has 0 amide bonds. The van der Waals surface area contributed by atoms with Gasteiger partial charge in [-0.25, -0.2) is 0 Å². The maximum absolute atomic E-state index is 6.43. The van der Waals surface area contributed by atoms with E-state index in [-0.39, 0.29) is 0 Å². The number of aromatic nitrogens is 4. The summed E-state index contributed by atoms with van der Waals surface area (Å²) in [4.78, 5) is 2.50. The molecule has 24 heavy (non-hydrogen) atoms. The number of nitrogens with zero attached hydrogens (tertiary/aromatic N) is 4. The van der Waals surface area contributed by atoms with Crippen molar-refractivity contribution in [3.63, 3.8) is 0 Å². The molecule has 1 saturated heterocycles. The Morgan fingerprint density at radius 3 is 2.62 bits per heavy atom. The smallest absolute Gasteiger partial charge is 0.131 e. The Hall–Kier alpha value is -1.33. The van der Waals surface area contributed by atoms with Gasteiger partial charge in [0, 0.05) is 30.8 Å². The molecule has 1 fully saturated rings. The third kappa shape index (κ3) is 3.52. The molecule has 0 saturated carbocycles. The lowest BCUT2D eigenvalue weighted by Crippen LogP contribution is -2.32. The molecule has 0 spiro atoms. The number of halogens is 1. The minimum Gasteiger partial charge on any atom is -0.299 e. The lowest BCUT2D eigenvalue weighted by Gasteiger charge is -2.31. The molecule has 0 atom stereocenters. The molecule has 5 nitrogen and oxygen atoms in total. The predicted molar refractivity (Wildman–Crippen MR) is 97.5 cm³/mol. The van der Waals surface area contributed by atoms with Gasteiger partial charge in [0.15, 0.2) is 0 Å². The van der Waals surface area contributed by atoms with Crippen LogP contribution in [0, 0.1) is 0 Å². The summed E-state index contributed by atoms with van der Waals surface area (Å²) in [5.41, 5.74) is 4.79. The van der Waals surface area contributed by atoms with Crippen LogP contribution in [0.4, 0.5) is 0 Å². The average Bonchev–Trinajstić information content (AvgIpc) is 3.16. The number of likely N-dealkylation sites (tertiary alicyclic amines) is 1. The van der Waals surface area contributed by atoms with E-state index in [2.05, 4.69) is 47.0 Å². The summed E-state index contributed by atoms with van der Waals surface area (Å²) in [6.45, 7) is 9.60. The number of aryl methyl sites for hydroxylation is 2. The van der Waals surface area contributed by atoms with Gasteiger partial charge < -0.3 is 0 Å². The van der Waals surface area contributed by atoms with Gasteiger partial charge >= 0.3 is 0 Å². The van der Waals surface area contributed by atoms with E-state index in [0.717, 1.165) is 36.9 Å². The fraction of sp³-hybridized carbons (Fsp3) is 0.667. The van der Waals surface area contributed by atoms with Gasteiger partial charge in [-0.15, -0.1) is 0 Å². The Balaban J connectivity index is 1.61. The standard InChI is InChI=1S/C18H28ClN5/c1-5-15-14(18(19)23(4)22-15)11-24-8-6-13(7-9-24)17-10-16(12(2)3)20-21-17/h10,12-13H,5-9,11H2,1-4H3,(H,20,21). The van der Waals surface area contributed by atoms with Gasteiger partial charge in [0.05, 0.1) is 11.4 Å². The van der Waals surface area contributed by atoms with Crippen LogP contribution in [0.15, 0.2) is 6.07 Å². The summed E-state index contributed by atoms with van der Waals surface area (Å²) in [6, 6.07) is 2.25. The van der Waals surface area contributed by atoms with Gasteiger partial charge in [0.25, 0.3) is 0 Å². The Morgan fingerprint density at radius 2 is 2.04 bits per heavy atom. The van der Waals surface area contributed by atoms with Gasteiger partial charge in [-0.1, -0.05) is 32.4 Å². The SMILES string of the molecule is CCc1nn(C)c(Cl)c1CN1CCC(c2cc(C(C)C)n[nH]2)CC1. The molecular weight excluding hydrogens is 322 g/mol. The second kappa shape index (κ2) is 7.28. The predicted octanol–water partition coefficient (Wildman–Crippen LogP) is 3.86. The van der Waals surface area contributed by atoms with Gasteiger partial charge in [-0.2, -0.15) is 10.2 Å². The van der Waals surface area contributed by atoms with Crippen molar-refractivity contribution in [3.05, 3.63) is 33.9 Å². The van der Waals surface area contributed by atoms with Crippen molar-refractivity contribution in [2.75, 3.05) is 13.1 Å². The van der Waals surface area contributed by atoms with Crippen molar-refractivity contribution >= 4 is 11.6 Å². The maximum Gasteiger partial charge on any atom is 0.131 e. The molecule has 0 aromatic carbocycles. The fourth-order valence-corrected chi connectivity index (χ4v) is 3.73. The highest BCUT2D eigenvalue weighted by Crippen LogP contribution is 2.30. The minimum absolute atomic E-state index is 0.482. The fourth-order valence-electron chi connectivity index (χ4n) is 3.52. The van der Waals surface area contributed by atoms with E-state index < -0.39 is 0 Å². The Morgan fingerprint density at radius 1 is 1.33 bits per heavy atom. The van der Waals surface area contributed by atoms with E-state index in [1.807, 2.05) is 7.05 Å². The molecule has 0 aliphatic carbocycles. The van der Waals surface area contributed by atoms with Crippen LogP contribution in [-0.4, -0.2) is 38.0 Å². The van der Waals surface area contributed by atoms with Crippen molar-refractivity contribution in [1.82, 2.24) is 24.9 Å². The normalized spacial score (nSPS) is 17.1. The summed E-state index contributed by atoms with van der Waals surface area (Å²) < 4.78 is 1.79. The third-order valence-corrected chi connectivity index (χ3v) is 5.58. The van der Waals surface area contributed by atoms with E-state index >= 15 is 0 Å². The highest BCUT2D eigenvalue weighted by atomic mass is 35.5. The van der Waals surface area contributed by atoms with Crippen LogP contribution < -0.4 is 0 Å². The molecule has 132 valence electrons. The quantitative estimate of drug-likeness (QED) is 0.891. The zero-order valence-corrected chi connectivity index (χ0v) is 15.9. The molecule has 1 aliphatic heterocycles. The van der Waals surface area contributed by atoms with Crippen LogP contribution in [0.1, 0.15) is 68.1 Å². The molecule has 0 bridgehead atoms. The van der Waals surface area contributed by atoms with E-state index in [0.29, 0.717) is 11.8 Å². The first kappa shape index (κ1) is 17.5. The van der Waals surface area contributed by atoms with E-state index in [9.17, 15) is 0 Å². The van der Waals surface area contributed by atoms with Crippen LogP contribution in [0.5, 0.6) is 0 Å². The number of hydrogen-bond acceptors (Lipinski definition) is 3. The maximum atomic E-state index is 6.43. The van der Waals surface area contributed by atoms with Crippen molar-refractivity contribution in [2.24, 2.45) is 7.05 Å². The summed E-state index contributed by atoms with van der Waals surface area (Å²) in [5, 5.41) is 13.0. The van der Waals surface area contributed by atoms with E-state index in [1.165, 1.54) is 29.8 Å². The second-order valence-electron chi connectivity index (χ2n) is 7.15. The molecule has 3 heterocycles. The van der Waals surface area contributed by atoms with Gasteiger partial charge in [0.1, 0.15) is 5.15 Å². The molecule has 1 N–H and O–H groups in total. The van der Waals surface area contributed by atoms with E-state index in [1.54, 1.807) is 4.68 Å². The van der Waals surface area contributed by atoms with Gasteiger partial charge in [0.2, 0.25) is 0 Å². The average molecular weight is 350 g/mol. The Kier molecular flexibility index (Phi) is 5.30. The van der Waals surface area contributed by atoms with Crippen LogP contribution >= 0.6 is 11.6 Å². The van der Waals surface area contributed by atoms with E-state index in [4.69, 9.17) is 11.6 Å². The molecule has 6 heteroatoms. The minimum atomic E-state index is 0.482. The highest BCUT2D eigenvalue weighted by Gasteiger charge is 2.24. The van der Waals surface area contributed by atoms with Crippen LogP contribution in [0.25, 0.3) is 0 Å². The second-order valence-corrected chi connectivity index (χ2v) is 7.50. The summed E-state index contributed by atoms with van der Waals surface area (Å²) in [6.07, 6.45) is 3.26. The first-order valence-corrected chi connectivity index (χ1v) is 9.35. The van der Waals surface area contributed by atoms with Crippen molar-refractivity contribution in [3.8, 4) is 0 Å². The van der Waals surface area contributed by atoms with Crippen LogP contribution in [0.2, 0.25) is 5.15 Å². The van der Waals surface area contributed by atoms with Crippen molar-refractivity contribution < 1.29 is 0 Å². The highest BCUT2D eigenvalue weighted by molar-refractivity contribution is 6.30. The largest absolute Gasteiger partial charge is 0.299 e. The molecular formula is C18H28ClN5. The lowest BCUT2D eigenvalue weighted by atomic mass is 9.92. The zero-order valence-electron chi connectivity index (χ0n) is 15.1.